The minimum Gasteiger partial charge on any atom is -0.390 e. The molecule has 4 heteroatoms. The van der Waals surface area contributed by atoms with Crippen molar-refractivity contribution in [2.45, 2.75) is 37.8 Å². The number of aliphatic hydroxyl groups is 1. The lowest BCUT2D eigenvalue weighted by Gasteiger charge is -2.29. The fourth-order valence-electron chi connectivity index (χ4n) is 1.99. The predicted octanol–water partition coefficient (Wildman–Crippen LogP) is -0.956. The van der Waals surface area contributed by atoms with Gasteiger partial charge in [0.15, 0.2) is 0 Å². The van der Waals surface area contributed by atoms with Crippen molar-refractivity contribution in [2.75, 3.05) is 13.1 Å². The molecule has 0 aromatic heterocycles. The number of hydrogen-bond acceptors (Lipinski definition) is 4. The fraction of sp³-hybridized carbons (Fsp3) is 1.00. The van der Waals surface area contributed by atoms with Crippen LogP contribution in [0.15, 0.2) is 0 Å². The lowest BCUT2D eigenvalue weighted by atomic mass is 10.0. The normalized spacial score (nSPS) is 45.8. The Morgan fingerprint density at radius 1 is 1.42 bits per heavy atom. The summed E-state index contributed by atoms with van der Waals surface area (Å²) in [6.07, 6.45) is -0.214. The van der Waals surface area contributed by atoms with Crippen LogP contribution in [0.1, 0.15) is 13.8 Å². The second kappa shape index (κ2) is 2.67. The molecule has 2 aliphatic rings. The van der Waals surface area contributed by atoms with Crippen LogP contribution in [0, 0.1) is 0 Å². The Morgan fingerprint density at radius 2 is 2.17 bits per heavy atom. The van der Waals surface area contributed by atoms with Gasteiger partial charge in [-0.25, -0.2) is 0 Å². The van der Waals surface area contributed by atoms with E-state index < -0.39 is 0 Å². The van der Waals surface area contributed by atoms with E-state index in [2.05, 4.69) is 10.6 Å². The Balaban J connectivity index is 2.09. The van der Waals surface area contributed by atoms with Crippen molar-refractivity contribution in [3.05, 3.63) is 0 Å². The Kier molecular flexibility index (Phi) is 1.88. The molecule has 0 aromatic carbocycles. The first kappa shape index (κ1) is 8.44. The molecule has 0 aromatic rings. The van der Waals surface area contributed by atoms with Gasteiger partial charge in [-0.2, -0.15) is 0 Å². The highest BCUT2D eigenvalue weighted by Crippen LogP contribution is 2.24. The van der Waals surface area contributed by atoms with Crippen LogP contribution in [0.2, 0.25) is 0 Å². The van der Waals surface area contributed by atoms with Gasteiger partial charge in [0.1, 0.15) is 5.72 Å². The van der Waals surface area contributed by atoms with Gasteiger partial charge in [-0.3, -0.25) is 5.32 Å². The summed E-state index contributed by atoms with van der Waals surface area (Å²) in [5.74, 6) is 0. The molecule has 0 radical (unpaired) electrons. The van der Waals surface area contributed by atoms with Crippen LogP contribution < -0.4 is 10.6 Å². The molecule has 12 heavy (non-hydrogen) atoms. The predicted molar refractivity (Wildman–Crippen MR) is 44.8 cm³/mol. The maximum atomic E-state index is 9.61. The Bertz CT molecular complexity index is 184. The molecule has 2 fully saturated rings. The van der Waals surface area contributed by atoms with Gasteiger partial charge in [0.2, 0.25) is 0 Å². The van der Waals surface area contributed by atoms with Crippen LogP contribution in [-0.2, 0) is 4.74 Å². The Morgan fingerprint density at radius 3 is 2.83 bits per heavy atom. The third-order valence-electron chi connectivity index (χ3n) is 2.47. The van der Waals surface area contributed by atoms with E-state index in [4.69, 9.17) is 4.74 Å². The maximum Gasteiger partial charge on any atom is 0.114 e. The molecule has 70 valence electrons. The minimum absolute atomic E-state index is 0.0984. The highest BCUT2D eigenvalue weighted by atomic mass is 16.5. The van der Waals surface area contributed by atoms with Crippen molar-refractivity contribution in [3.63, 3.8) is 0 Å². The van der Waals surface area contributed by atoms with Gasteiger partial charge in [0.25, 0.3) is 0 Å². The van der Waals surface area contributed by atoms with Crippen molar-refractivity contribution >= 4 is 0 Å². The van der Waals surface area contributed by atoms with Crippen LogP contribution in [0.25, 0.3) is 0 Å². The molecular weight excluding hydrogens is 156 g/mol. The van der Waals surface area contributed by atoms with E-state index in [0.717, 1.165) is 6.54 Å². The monoisotopic (exact) mass is 172 g/mol. The van der Waals surface area contributed by atoms with E-state index in [-0.39, 0.29) is 24.0 Å². The van der Waals surface area contributed by atoms with Gasteiger partial charge in [-0.1, -0.05) is 0 Å². The number of nitrogens with one attached hydrogen (secondary N) is 2. The second-order valence-corrected chi connectivity index (χ2v) is 4.06. The molecule has 2 rings (SSSR count). The number of β-amino-alcohol motifs (C(OH)–C–C–N with tert-alkyl or cyclic N) is 1. The number of ether oxygens (including phenoxy) is 1. The molecule has 3 atom stereocenters. The summed E-state index contributed by atoms with van der Waals surface area (Å²) >= 11 is 0. The number of rotatable bonds is 0. The zero-order valence-electron chi connectivity index (χ0n) is 7.50. The average Bonchev–Trinajstić information content (AvgIpc) is 2.25. The molecule has 0 aliphatic carbocycles. The summed E-state index contributed by atoms with van der Waals surface area (Å²) in [4.78, 5) is 0. The molecule has 2 aliphatic heterocycles. The standard InChI is InChI=1S/C8H16N2O2/c1-8(2)10-7-5(11)3-9-4-6(7)12-8/h5-7,9-11H,3-4H2,1-2H3. The quantitative estimate of drug-likeness (QED) is 0.441. The number of piperidine rings is 1. The molecule has 3 unspecified atom stereocenters. The van der Waals surface area contributed by atoms with Crippen LogP contribution in [-0.4, -0.2) is 42.2 Å². The van der Waals surface area contributed by atoms with Gasteiger partial charge >= 0.3 is 0 Å². The van der Waals surface area contributed by atoms with Gasteiger partial charge < -0.3 is 15.2 Å². The Hall–Kier alpha value is -0.160. The van der Waals surface area contributed by atoms with E-state index in [1.165, 1.54) is 0 Å². The fourth-order valence-corrected chi connectivity index (χ4v) is 1.99. The first-order valence-corrected chi connectivity index (χ1v) is 4.43. The van der Waals surface area contributed by atoms with Crippen molar-refractivity contribution in [1.82, 2.24) is 10.6 Å². The topological polar surface area (TPSA) is 53.5 Å². The highest BCUT2D eigenvalue weighted by Gasteiger charge is 2.44. The molecule has 3 N–H and O–H groups in total. The average molecular weight is 172 g/mol. The Labute approximate surface area is 72.3 Å². The van der Waals surface area contributed by atoms with Crippen molar-refractivity contribution in [3.8, 4) is 0 Å². The minimum atomic E-state index is -0.328. The third kappa shape index (κ3) is 1.35. The lowest BCUT2D eigenvalue weighted by Crippen LogP contribution is -2.56. The van der Waals surface area contributed by atoms with Crippen LogP contribution in [0.5, 0.6) is 0 Å². The summed E-state index contributed by atoms with van der Waals surface area (Å²) in [6, 6.07) is 0.0984. The maximum absolute atomic E-state index is 9.61. The largest absolute Gasteiger partial charge is 0.390 e. The van der Waals surface area contributed by atoms with Crippen molar-refractivity contribution < 1.29 is 9.84 Å². The summed E-state index contributed by atoms with van der Waals surface area (Å²) < 4.78 is 5.69. The van der Waals surface area contributed by atoms with Gasteiger partial charge in [-0.05, 0) is 13.8 Å². The summed E-state index contributed by atoms with van der Waals surface area (Å²) in [5.41, 5.74) is -0.289. The lowest BCUT2D eigenvalue weighted by molar-refractivity contribution is -0.0347. The number of aliphatic hydroxyl groups excluding tert-OH is 1. The third-order valence-corrected chi connectivity index (χ3v) is 2.47. The molecule has 4 nitrogen and oxygen atoms in total. The number of fused-ring (bicyclic) bond motifs is 1. The van der Waals surface area contributed by atoms with Crippen LogP contribution in [0.3, 0.4) is 0 Å². The van der Waals surface area contributed by atoms with E-state index >= 15 is 0 Å². The first-order valence-electron chi connectivity index (χ1n) is 4.43. The summed E-state index contributed by atoms with van der Waals surface area (Å²) in [6.45, 7) is 5.46. The van der Waals surface area contributed by atoms with E-state index in [1.807, 2.05) is 13.8 Å². The summed E-state index contributed by atoms with van der Waals surface area (Å²) in [5, 5.41) is 16.0. The van der Waals surface area contributed by atoms with Crippen LogP contribution in [0.4, 0.5) is 0 Å². The number of hydrogen-bond donors (Lipinski definition) is 3. The summed E-state index contributed by atoms with van der Waals surface area (Å²) in [7, 11) is 0. The van der Waals surface area contributed by atoms with E-state index in [0.29, 0.717) is 6.54 Å². The molecule has 0 spiro atoms. The van der Waals surface area contributed by atoms with Gasteiger partial charge in [-0.15, -0.1) is 0 Å². The van der Waals surface area contributed by atoms with Gasteiger partial charge in [0.05, 0.1) is 18.2 Å². The molecule has 0 bridgehead atoms. The second-order valence-electron chi connectivity index (χ2n) is 4.06. The van der Waals surface area contributed by atoms with Crippen molar-refractivity contribution in [1.29, 1.82) is 0 Å². The zero-order valence-corrected chi connectivity index (χ0v) is 7.50. The van der Waals surface area contributed by atoms with Crippen molar-refractivity contribution in [2.24, 2.45) is 0 Å². The smallest absolute Gasteiger partial charge is 0.114 e. The molecule has 2 saturated heterocycles. The van der Waals surface area contributed by atoms with Crippen LogP contribution >= 0.6 is 0 Å². The first-order chi connectivity index (χ1) is 5.58. The molecule has 0 saturated carbocycles. The van der Waals surface area contributed by atoms with E-state index in [1.54, 1.807) is 0 Å². The van der Waals surface area contributed by atoms with Gasteiger partial charge in [0, 0.05) is 13.1 Å². The zero-order chi connectivity index (χ0) is 8.77. The van der Waals surface area contributed by atoms with E-state index in [9.17, 15) is 5.11 Å². The molecule has 2 heterocycles. The highest BCUT2D eigenvalue weighted by molar-refractivity contribution is 4.98. The SMILES string of the molecule is CC1(C)NC2C(O)CNCC2O1. The molecular formula is C8H16N2O2. The molecule has 0 amide bonds.